The van der Waals surface area contributed by atoms with E-state index in [2.05, 4.69) is 31.4 Å². The Bertz CT molecular complexity index is 1320. The molecule has 1 aliphatic rings. The summed E-state index contributed by atoms with van der Waals surface area (Å²) in [4.78, 5) is 24.4. The van der Waals surface area contributed by atoms with Gasteiger partial charge in [0.1, 0.15) is 6.04 Å². The molecule has 0 unspecified atom stereocenters. The molecule has 1 N–H and O–H groups in total. The minimum Gasteiger partial charge on any atom is -0.375 e. The predicted octanol–water partition coefficient (Wildman–Crippen LogP) is 2.49. The number of morpholine rings is 1. The van der Waals surface area contributed by atoms with Crippen LogP contribution in [-0.4, -0.2) is 72.0 Å². The molecule has 1 fully saturated rings. The lowest BCUT2D eigenvalue weighted by molar-refractivity contribution is -0.138. The number of carbonyl (C=O) groups is 1. The van der Waals surface area contributed by atoms with E-state index in [4.69, 9.17) is 14.7 Å². The average molecular weight is 499 g/mol. The fourth-order valence-electron chi connectivity index (χ4n) is 3.90. The molecule has 10 nitrogen and oxygen atoms in total. The third-order valence-corrected chi connectivity index (χ3v) is 6.12. The minimum absolute atomic E-state index is 0.00470. The van der Waals surface area contributed by atoms with Gasteiger partial charge in [0.15, 0.2) is 11.5 Å². The van der Waals surface area contributed by atoms with E-state index >= 15 is 0 Å². The van der Waals surface area contributed by atoms with Gasteiger partial charge in [-0.2, -0.15) is 9.61 Å². The topological polar surface area (TPSA) is 102 Å². The van der Waals surface area contributed by atoms with Crippen LogP contribution in [0.3, 0.4) is 0 Å². The first-order chi connectivity index (χ1) is 15.4. The molecule has 1 aromatic carbocycles. The molecule has 1 amide bonds. The number of hydrogen-bond donors (Lipinski definition) is 1. The molecule has 32 heavy (non-hydrogen) atoms. The smallest absolute Gasteiger partial charge is 0.245 e. The third kappa shape index (κ3) is 3.71. The van der Waals surface area contributed by atoms with Gasteiger partial charge >= 0.3 is 0 Å². The first-order valence-corrected chi connectivity index (χ1v) is 11.2. The van der Waals surface area contributed by atoms with Crippen molar-refractivity contribution >= 4 is 44.3 Å². The van der Waals surface area contributed by atoms with Gasteiger partial charge in [0.05, 0.1) is 30.0 Å². The molecule has 166 valence electrons. The second kappa shape index (κ2) is 8.14. The Morgan fingerprint density at radius 3 is 2.94 bits per heavy atom. The van der Waals surface area contributed by atoms with Crippen molar-refractivity contribution in [2.45, 2.75) is 26.0 Å². The molecular formula is C21H23BrN8O2. The van der Waals surface area contributed by atoms with Crippen molar-refractivity contribution in [1.82, 2.24) is 34.3 Å². The lowest BCUT2D eigenvalue weighted by Gasteiger charge is -2.33. The summed E-state index contributed by atoms with van der Waals surface area (Å²) in [6.07, 6.45) is 3.61. The Morgan fingerprint density at radius 2 is 2.19 bits per heavy atom. The van der Waals surface area contributed by atoms with E-state index in [1.165, 1.54) is 0 Å². The first-order valence-electron chi connectivity index (χ1n) is 10.4. The monoisotopic (exact) mass is 498 g/mol. The van der Waals surface area contributed by atoms with Crippen molar-refractivity contribution in [3.63, 3.8) is 0 Å². The molecule has 4 aromatic rings. The van der Waals surface area contributed by atoms with Crippen molar-refractivity contribution < 1.29 is 9.53 Å². The zero-order chi connectivity index (χ0) is 22.4. The SMILES string of the molecule is C[C@H]1CN(C(=O)[C@@H](C)Nc2nc3c(Br)cccc3c3nc(-c4cnn(C)c4)nn23)CCO1. The molecule has 0 spiro atoms. The zero-order valence-corrected chi connectivity index (χ0v) is 19.6. The van der Waals surface area contributed by atoms with Crippen molar-refractivity contribution in [3.8, 4) is 11.4 Å². The summed E-state index contributed by atoms with van der Waals surface area (Å²) in [5, 5.41) is 13.0. The second-order valence-electron chi connectivity index (χ2n) is 7.98. The molecule has 0 radical (unpaired) electrons. The number of nitrogens with zero attached hydrogens (tertiary/aromatic N) is 7. The predicted molar refractivity (Wildman–Crippen MR) is 123 cm³/mol. The quantitative estimate of drug-likeness (QED) is 0.460. The molecule has 4 heterocycles. The minimum atomic E-state index is -0.498. The van der Waals surface area contributed by atoms with E-state index in [0.29, 0.717) is 37.1 Å². The van der Waals surface area contributed by atoms with Crippen molar-refractivity contribution in [3.05, 3.63) is 35.1 Å². The number of rotatable bonds is 4. The highest BCUT2D eigenvalue weighted by Gasteiger charge is 2.27. The normalized spacial score (nSPS) is 17.8. The Morgan fingerprint density at radius 1 is 1.34 bits per heavy atom. The van der Waals surface area contributed by atoms with Gasteiger partial charge in [-0.3, -0.25) is 9.48 Å². The standard InChI is InChI=1S/C21H23BrN8O2/c1-12-10-29(7-8-32-12)20(31)13(2)24-21-25-17-15(5-4-6-16(17)22)19-26-18(27-30(19)21)14-9-23-28(3)11-14/h4-6,9,11-13H,7-8,10H2,1-3H3,(H,24,25)/t12-,13+/m0/s1. The summed E-state index contributed by atoms with van der Waals surface area (Å²) in [5.41, 5.74) is 2.20. The summed E-state index contributed by atoms with van der Waals surface area (Å²) in [7, 11) is 1.85. The average Bonchev–Trinajstić information content (AvgIpc) is 3.41. The largest absolute Gasteiger partial charge is 0.375 e. The van der Waals surface area contributed by atoms with Gasteiger partial charge in [0, 0.05) is 36.2 Å². The van der Waals surface area contributed by atoms with Crippen LogP contribution in [0.5, 0.6) is 0 Å². The Balaban J connectivity index is 1.57. The van der Waals surface area contributed by atoms with Crippen LogP contribution in [0.25, 0.3) is 27.9 Å². The van der Waals surface area contributed by atoms with E-state index in [0.717, 1.165) is 20.9 Å². The molecule has 1 saturated heterocycles. The van der Waals surface area contributed by atoms with Crippen LogP contribution in [0, 0.1) is 0 Å². The van der Waals surface area contributed by atoms with E-state index in [1.807, 2.05) is 50.2 Å². The molecule has 0 bridgehead atoms. The zero-order valence-electron chi connectivity index (χ0n) is 18.0. The van der Waals surface area contributed by atoms with Gasteiger partial charge in [-0.25, -0.2) is 9.97 Å². The van der Waals surface area contributed by atoms with Crippen LogP contribution in [0.15, 0.2) is 35.1 Å². The molecule has 0 saturated carbocycles. The van der Waals surface area contributed by atoms with E-state index < -0.39 is 6.04 Å². The number of carbonyl (C=O) groups excluding carboxylic acids is 1. The number of nitrogens with one attached hydrogen (secondary N) is 1. The summed E-state index contributed by atoms with van der Waals surface area (Å²) >= 11 is 3.59. The highest BCUT2D eigenvalue weighted by atomic mass is 79.9. The van der Waals surface area contributed by atoms with Gasteiger partial charge in [-0.1, -0.05) is 6.07 Å². The second-order valence-corrected chi connectivity index (χ2v) is 8.83. The third-order valence-electron chi connectivity index (χ3n) is 5.49. The Hall–Kier alpha value is -3.05. The molecule has 2 atom stereocenters. The van der Waals surface area contributed by atoms with Crippen LogP contribution < -0.4 is 5.32 Å². The summed E-state index contributed by atoms with van der Waals surface area (Å²) in [6, 6.07) is 5.32. The number of ether oxygens (including phenoxy) is 1. The van der Waals surface area contributed by atoms with Crippen LogP contribution in [0.1, 0.15) is 13.8 Å². The number of halogens is 1. The molecular weight excluding hydrogens is 476 g/mol. The summed E-state index contributed by atoms with van der Waals surface area (Å²) in [5.74, 6) is 0.982. The number of anilines is 1. The highest BCUT2D eigenvalue weighted by Crippen LogP contribution is 2.28. The first kappa shape index (κ1) is 20.8. The fourth-order valence-corrected chi connectivity index (χ4v) is 4.35. The maximum absolute atomic E-state index is 13.1. The van der Waals surface area contributed by atoms with Crippen molar-refractivity contribution in [2.75, 3.05) is 25.0 Å². The van der Waals surface area contributed by atoms with Crippen LogP contribution >= 0.6 is 15.9 Å². The number of fused-ring (bicyclic) bond motifs is 3. The van der Waals surface area contributed by atoms with Gasteiger partial charge < -0.3 is 15.0 Å². The molecule has 0 aliphatic carbocycles. The number of benzene rings is 1. The van der Waals surface area contributed by atoms with Gasteiger partial charge in [-0.05, 0) is 41.9 Å². The number of amides is 1. The maximum atomic E-state index is 13.1. The number of aromatic nitrogens is 6. The van der Waals surface area contributed by atoms with Crippen LogP contribution in [-0.2, 0) is 16.6 Å². The lowest BCUT2D eigenvalue weighted by atomic mass is 10.2. The molecule has 1 aliphatic heterocycles. The van der Waals surface area contributed by atoms with Gasteiger partial charge in [-0.15, -0.1) is 5.10 Å². The Kier molecular flexibility index (Phi) is 5.30. The van der Waals surface area contributed by atoms with Crippen LogP contribution in [0.4, 0.5) is 5.95 Å². The highest BCUT2D eigenvalue weighted by molar-refractivity contribution is 9.10. The van der Waals surface area contributed by atoms with Gasteiger partial charge in [0.2, 0.25) is 11.9 Å². The maximum Gasteiger partial charge on any atom is 0.245 e. The number of hydrogen-bond acceptors (Lipinski definition) is 7. The molecule has 3 aromatic heterocycles. The number of para-hydroxylation sites is 1. The number of aryl methyl sites for hydroxylation is 1. The van der Waals surface area contributed by atoms with Crippen molar-refractivity contribution in [2.24, 2.45) is 7.05 Å². The lowest BCUT2D eigenvalue weighted by Crippen LogP contribution is -2.49. The summed E-state index contributed by atoms with van der Waals surface area (Å²) in [6.45, 7) is 5.50. The van der Waals surface area contributed by atoms with E-state index in [1.54, 1.807) is 15.4 Å². The van der Waals surface area contributed by atoms with Crippen molar-refractivity contribution in [1.29, 1.82) is 0 Å². The molecule has 11 heteroatoms. The van der Waals surface area contributed by atoms with E-state index in [-0.39, 0.29) is 12.0 Å². The molecule has 5 rings (SSSR count). The van der Waals surface area contributed by atoms with Gasteiger partial charge in [0.25, 0.3) is 0 Å². The summed E-state index contributed by atoms with van der Waals surface area (Å²) < 4.78 is 9.76. The van der Waals surface area contributed by atoms with Crippen LogP contribution in [0.2, 0.25) is 0 Å². The van der Waals surface area contributed by atoms with E-state index in [9.17, 15) is 4.79 Å². The Labute approximate surface area is 192 Å². The fraction of sp³-hybridized carbons (Fsp3) is 0.381.